The van der Waals surface area contributed by atoms with Crippen LogP contribution in [0.4, 0.5) is 4.79 Å². The van der Waals surface area contributed by atoms with Crippen LogP contribution in [-0.4, -0.2) is 70.2 Å². The smallest absolute Gasteiger partial charge is 0.407 e. The van der Waals surface area contributed by atoms with Gasteiger partial charge in [0.05, 0.1) is 12.7 Å². The topological polar surface area (TPSA) is 97.9 Å². The fourth-order valence-corrected chi connectivity index (χ4v) is 9.42. The Bertz CT molecular complexity index is 1410. The summed E-state index contributed by atoms with van der Waals surface area (Å²) in [6, 6.07) is 16.0. The number of halogens is 1. The van der Waals surface area contributed by atoms with E-state index in [1.165, 1.54) is 157 Å². The van der Waals surface area contributed by atoms with E-state index >= 15 is 0 Å². The molecule has 4 rings (SSSR count). The number of piperidine rings is 1. The number of rotatable bonds is 37. The van der Waals surface area contributed by atoms with E-state index in [-0.39, 0.29) is 36.9 Å². The molecule has 1 saturated heterocycles. The molecule has 3 N–H and O–H groups in total. The molecule has 2 unspecified atom stereocenters. The Labute approximate surface area is 390 Å². The minimum absolute atomic E-state index is 0. The lowest BCUT2D eigenvalue weighted by Gasteiger charge is -2.28. The van der Waals surface area contributed by atoms with Crippen LogP contribution in [0.2, 0.25) is 0 Å². The maximum atomic E-state index is 13.9. The first-order valence-corrected chi connectivity index (χ1v) is 25.9. The lowest BCUT2D eigenvalue weighted by Crippen LogP contribution is -2.50. The van der Waals surface area contributed by atoms with Gasteiger partial charge in [-0.3, -0.25) is 4.79 Å². The van der Waals surface area contributed by atoms with E-state index in [0.29, 0.717) is 38.7 Å². The number of carbonyl (C=O) groups is 2. The highest BCUT2D eigenvalue weighted by Crippen LogP contribution is 2.44. The van der Waals surface area contributed by atoms with Crippen molar-refractivity contribution >= 4 is 24.4 Å². The van der Waals surface area contributed by atoms with Gasteiger partial charge in [0.15, 0.2) is 0 Å². The van der Waals surface area contributed by atoms with Gasteiger partial charge in [-0.05, 0) is 73.4 Å². The molecule has 358 valence electrons. The molecule has 1 aliphatic carbocycles. The molecule has 0 spiro atoms. The van der Waals surface area contributed by atoms with Gasteiger partial charge < -0.3 is 30.2 Å². The molecule has 2 aromatic rings. The van der Waals surface area contributed by atoms with Crippen LogP contribution in [0.1, 0.15) is 204 Å². The number of hydrogen-bond donors (Lipinski definition) is 3. The first-order chi connectivity index (χ1) is 30.6. The number of fused-ring (bicyclic) bond motifs is 3. The summed E-state index contributed by atoms with van der Waals surface area (Å²) >= 11 is 0. The zero-order chi connectivity index (χ0) is 43.7. The molecule has 1 fully saturated rings. The van der Waals surface area contributed by atoms with Crippen molar-refractivity contribution in [1.29, 1.82) is 0 Å². The standard InChI is InChI=1S/C54H89N3O5.ClH/c1-3-5-7-9-11-13-15-17-19-21-23-29-39-60-43-46(61-40-30-24-22-20-18-16-14-12-10-8-6-4-2)42-56-53(58)52(41-45-35-37-55-38-36-45)57-54(59)62-44-51-49-33-27-25-31-47(49)48-32-26-28-34-50(48)51;/h25-28,31-34,45-46,51-52,55H,3-24,29-30,35-44H2,1-2H3,(H,56,58)(H,57,59);1H. The number of amides is 2. The predicted molar refractivity (Wildman–Crippen MR) is 265 cm³/mol. The first-order valence-electron chi connectivity index (χ1n) is 25.9. The predicted octanol–water partition coefficient (Wildman–Crippen LogP) is 13.6. The largest absolute Gasteiger partial charge is 0.449 e. The summed E-state index contributed by atoms with van der Waals surface area (Å²) in [5.41, 5.74) is 4.71. The second-order valence-corrected chi connectivity index (χ2v) is 18.5. The van der Waals surface area contributed by atoms with Crippen molar-refractivity contribution < 1.29 is 23.8 Å². The highest BCUT2D eigenvalue weighted by Gasteiger charge is 2.31. The normalized spacial score (nSPS) is 14.7. The Morgan fingerprint density at radius 1 is 0.635 bits per heavy atom. The number of benzene rings is 2. The Morgan fingerprint density at radius 3 is 1.60 bits per heavy atom. The van der Waals surface area contributed by atoms with Crippen LogP contribution in [-0.2, 0) is 19.0 Å². The summed E-state index contributed by atoms with van der Waals surface area (Å²) < 4.78 is 18.5. The van der Waals surface area contributed by atoms with Crippen LogP contribution in [0.3, 0.4) is 0 Å². The third kappa shape index (κ3) is 22.9. The van der Waals surface area contributed by atoms with Gasteiger partial charge >= 0.3 is 6.09 Å². The van der Waals surface area contributed by atoms with Crippen molar-refractivity contribution in [1.82, 2.24) is 16.0 Å². The third-order valence-electron chi connectivity index (χ3n) is 13.3. The molecule has 2 atom stereocenters. The Morgan fingerprint density at radius 2 is 1.10 bits per heavy atom. The van der Waals surface area contributed by atoms with E-state index in [1.54, 1.807) is 0 Å². The second kappa shape index (κ2) is 35.6. The number of hydrogen-bond acceptors (Lipinski definition) is 6. The minimum Gasteiger partial charge on any atom is -0.449 e. The van der Waals surface area contributed by atoms with Gasteiger partial charge in [-0.25, -0.2) is 4.79 Å². The summed E-state index contributed by atoms with van der Waals surface area (Å²) in [7, 11) is 0. The summed E-state index contributed by atoms with van der Waals surface area (Å²) in [4.78, 5) is 27.4. The molecule has 0 saturated carbocycles. The fourth-order valence-electron chi connectivity index (χ4n) is 9.42. The highest BCUT2D eigenvalue weighted by molar-refractivity contribution is 5.86. The van der Waals surface area contributed by atoms with E-state index in [4.69, 9.17) is 14.2 Å². The molecule has 8 nitrogen and oxygen atoms in total. The number of ether oxygens (including phenoxy) is 3. The summed E-state index contributed by atoms with van der Waals surface area (Å²) in [6.45, 7) is 8.81. The van der Waals surface area contributed by atoms with Gasteiger partial charge in [-0.1, -0.05) is 204 Å². The van der Waals surface area contributed by atoms with Crippen LogP contribution in [0.5, 0.6) is 0 Å². The van der Waals surface area contributed by atoms with Crippen LogP contribution < -0.4 is 16.0 Å². The summed E-state index contributed by atoms with van der Waals surface area (Å²) in [5, 5.41) is 9.58. The second-order valence-electron chi connectivity index (χ2n) is 18.5. The zero-order valence-corrected chi connectivity index (χ0v) is 40.7. The number of carbonyl (C=O) groups excluding carboxylic acids is 2. The molecule has 0 aromatic heterocycles. The van der Waals surface area contributed by atoms with E-state index in [1.807, 2.05) is 12.1 Å². The number of alkyl carbamates (subject to hydrolysis) is 1. The molecule has 2 amide bonds. The van der Waals surface area contributed by atoms with Gasteiger partial charge in [-0.2, -0.15) is 0 Å². The van der Waals surface area contributed by atoms with Crippen molar-refractivity contribution in [2.24, 2.45) is 5.92 Å². The molecule has 0 bridgehead atoms. The van der Waals surface area contributed by atoms with Gasteiger partial charge in [0.25, 0.3) is 0 Å². The van der Waals surface area contributed by atoms with Crippen molar-refractivity contribution in [3.8, 4) is 11.1 Å². The van der Waals surface area contributed by atoms with Crippen molar-refractivity contribution in [3.63, 3.8) is 0 Å². The maximum absolute atomic E-state index is 13.9. The SMILES string of the molecule is CCCCCCCCCCCCCCOCC(CNC(=O)C(CC1CCNCC1)NC(=O)OCC1c2ccccc2-c2ccccc21)OCCCCCCCCCCCCCC.Cl. The quantitative estimate of drug-likeness (QED) is 0.0585. The molecule has 2 aromatic carbocycles. The summed E-state index contributed by atoms with van der Waals surface area (Å²) in [6.07, 6.45) is 33.2. The summed E-state index contributed by atoms with van der Waals surface area (Å²) in [5.74, 6) is 0.123. The first kappa shape index (κ1) is 54.7. The van der Waals surface area contributed by atoms with Crippen molar-refractivity contribution in [3.05, 3.63) is 59.7 Å². The van der Waals surface area contributed by atoms with E-state index in [2.05, 4.69) is 66.2 Å². The van der Waals surface area contributed by atoms with Crippen LogP contribution in [0.15, 0.2) is 48.5 Å². The van der Waals surface area contributed by atoms with Gasteiger partial charge in [0.2, 0.25) is 5.91 Å². The van der Waals surface area contributed by atoms with Crippen molar-refractivity contribution in [2.45, 2.75) is 205 Å². The Kier molecular flexibility index (Phi) is 30.9. The van der Waals surface area contributed by atoms with Crippen molar-refractivity contribution in [2.75, 3.05) is 46.1 Å². The molecular weight excluding hydrogens is 806 g/mol. The lowest BCUT2D eigenvalue weighted by atomic mass is 9.90. The molecular formula is C54H90ClN3O5. The fraction of sp³-hybridized carbons (Fsp3) is 0.741. The van der Waals surface area contributed by atoms with E-state index in [9.17, 15) is 9.59 Å². The number of nitrogens with one attached hydrogen (secondary N) is 3. The molecule has 9 heteroatoms. The van der Waals surface area contributed by atoms with E-state index in [0.717, 1.165) is 45.2 Å². The average molecular weight is 897 g/mol. The van der Waals surface area contributed by atoms with Crippen LogP contribution in [0, 0.1) is 5.92 Å². The maximum Gasteiger partial charge on any atom is 0.407 e. The van der Waals surface area contributed by atoms with E-state index < -0.39 is 12.1 Å². The Hall–Kier alpha value is -2.65. The molecule has 1 heterocycles. The van der Waals surface area contributed by atoms with Gasteiger partial charge in [-0.15, -0.1) is 12.4 Å². The highest BCUT2D eigenvalue weighted by atomic mass is 35.5. The number of unbranched alkanes of at least 4 members (excludes halogenated alkanes) is 22. The molecule has 63 heavy (non-hydrogen) atoms. The minimum atomic E-state index is -0.687. The third-order valence-corrected chi connectivity index (χ3v) is 13.3. The average Bonchev–Trinajstić information content (AvgIpc) is 3.62. The lowest BCUT2D eigenvalue weighted by molar-refractivity contribution is -0.124. The monoisotopic (exact) mass is 896 g/mol. The Balaban J connectivity index is 0.0000106. The van der Waals surface area contributed by atoms with Gasteiger partial charge in [0.1, 0.15) is 12.6 Å². The van der Waals surface area contributed by atoms with Gasteiger partial charge in [0, 0.05) is 25.7 Å². The molecule has 1 aliphatic heterocycles. The zero-order valence-electron chi connectivity index (χ0n) is 39.9. The molecule has 2 aliphatic rings. The van der Waals surface area contributed by atoms with Crippen LogP contribution in [0.25, 0.3) is 11.1 Å². The molecule has 0 radical (unpaired) electrons. The van der Waals surface area contributed by atoms with Crippen LogP contribution >= 0.6 is 12.4 Å².